The summed E-state index contributed by atoms with van der Waals surface area (Å²) in [6.07, 6.45) is 3.47. The summed E-state index contributed by atoms with van der Waals surface area (Å²) in [5, 5.41) is 0. The van der Waals surface area contributed by atoms with E-state index < -0.39 is 0 Å². The van der Waals surface area contributed by atoms with Crippen LogP contribution in [0, 0.1) is 20.8 Å². The molecule has 0 radical (unpaired) electrons. The molecule has 0 amide bonds. The van der Waals surface area contributed by atoms with Crippen LogP contribution in [0.3, 0.4) is 0 Å². The van der Waals surface area contributed by atoms with Crippen molar-refractivity contribution in [3.8, 4) is 0 Å². The molecule has 0 aliphatic carbocycles. The Balaban J connectivity index is 2.12. The van der Waals surface area contributed by atoms with E-state index in [1.165, 1.54) is 22.3 Å². The van der Waals surface area contributed by atoms with Crippen molar-refractivity contribution in [2.45, 2.75) is 52.2 Å². The molecule has 1 heterocycles. The van der Waals surface area contributed by atoms with Crippen LogP contribution in [-0.4, -0.2) is 18.8 Å². The van der Waals surface area contributed by atoms with E-state index >= 15 is 0 Å². The van der Waals surface area contributed by atoms with Crippen molar-refractivity contribution in [1.29, 1.82) is 0 Å². The molecule has 1 aliphatic rings. The largest absolute Gasteiger partial charge is 0.377 e. The van der Waals surface area contributed by atoms with Crippen LogP contribution in [0.15, 0.2) is 12.1 Å². The first-order valence-corrected chi connectivity index (χ1v) is 6.52. The number of ether oxygens (including phenoxy) is 1. The SMILES string of the molecule is Cc1cc(C)c(CC(N)C2CCCO2)c(C)c1. The highest BCUT2D eigenvalue weighted by atomic mass is 16.5. The summed E-state index contributed by atoms with van der Waals surface area (Å²) in [5.74, 6) is 0. The van der Waals surface area contributed by atoms with Crippen molar-refractivity contribution in [3.63, 3.8) is 0 Å². The zero-order valence-electron chi connectivity index (χ0n) is 11.1. The first-order chi connectivity index (χ1) is 8.08. The van der Waals surface area contributed by atoms with E-state index in [9.17, 15) is 0 Å². The summed E-state index contributed by atoms with van der Waals surface area (Å²) in [6, 6.07) is 4.62. The Bertz CT molecular complexity index is 371. The molecular formula is C15H23NO. The first kappa shape index (κ1) is 12.6. The van der Waals surface area contributed by atoms with Crippen LogP contribution in [0.4, 0.5) is 0 Å². The van der Waals surface area contributed by atoms with E-state index in [2.05, 4.69) is 32.9 Å². The number of hydrogen-bond acceptors (Lipinski definition) is 2. The van der Waals surface area contributed by atoms with E-state index in [1.807, 2.05) is 0 Å². The summed E-state index contributed by atoms with van der Waals surface area (Å²) in [7, 11) is 0. The molecule has 2 nitrogen and oxygen atoms in total. The summed E-state index contributed by atoms with van der Waals surface area (Å²) in [5.41, 5.74) is 11.7. The maximum absolute atomic E-state index is 6.26. The van der Waals surface area contributed by atoms with E-state index in [1.54, 1.807) is 0 Å². The maximum Gasteiger partial charge on any atom is 0.0730 e. The summed E-state index contributed by atoms with van der Waals surface area (Å²) in [4.78, 5) is 0. The minimum absolute atomic E-state index is 0.137. The van der Waals surface area contributed by atoms with Gasteiger partial charge in [0.1, 0.15) is 0 Å². The number of benzene rings is 1. The Kier molecular flexibility index (Phi) is 3.85. The summed E-state index contributed by atoms with van der Waals surface area (Å²) >= 11 is 0. The Morgan fingerprint density at radius 1 is 1.29 bits per heavy atom. The normalized spacial score (nSPS) is 21.8. The Labute approximate surface area is 104 Å². The third kappa shape index (κ3) is 2.88. The van der Waals surface area contributed by atoms with Gasteiger partial charge in [-0.05, 0) is 56.7 Å². The number of hydrogen-bond donors (Lipinski definition) is 1. The van der Waals surface area contributed by atoms with Gasteiger partial charge >= 0.3 is 0 Å². The lowest BCUT2D eigenvalue weighted by Gasteiger charge is -2.21. The monoisotopic (exact) mass is 233 g/mol. The second-order valence-corrected chi connectivity index (χ2v) is 5.30. The lowest BCUT2D eigenvalue weighted by atomic mass is 9.92. The van der Waals surface area contributed by atoms with Crippen molar-refractivity contribution < 1.29 is 4.74 Å². The van der Waals surface area contributed by atoms with E-state index in [4.69, 9.17) is 10.5 Å². The van der Waals surface area contributed by atoms with Gasteiger partial charge in [0.2, 0.25) is 0 Å². The van der Waals surface area contributed by atoms with Gasteiger partial charge in [-0.3, -0.25) is 0 Å². The van der Waals surface area contributed by atoms with Crippen molar-refractivity contribution in [1.82, 2.24) is 0 Å². The van der Waals surface area contributed by atoms with Gasteiger partial charge in [0.15, 0.2) is 0 Å². The van der Waals surface area contributed by atoms with Crippen LogP contribution >= 0.6 is 0 Å². The fourth-order valence-corrected chi connectivity index (χ4v) is 2.84. The van der Waals surface area contributed by atoms with Crippen molar-refractivity contribution in [2.75, 3.05) is 6.61 Å². The first-order valence-electron chi connectivity index (χ1n) is 6.52. The van der Waals surface area contributed by atoms with Gasteiger partial charge in [-0.25, -0.2) is 0 Å². The molecule has 2 atom stereocenters. The van der Waals surface area contributed by atoms with Crippen LogP contribution in [0.1, 0.15) is 35.1 Å². The molecule has 2 N–H and O–H groups in total. The van der Waals surface area contributed by atoms with E-state index in [0.29, 0.717) is 0 Å². The Morgan fingerprint density at radius 3 is 2.47 bits per heavy atom. The predicted molar refractivity (Wildman–Crippen MR) is 71.3 cm³/mol. The van der Waals surface area contributed by atoms with Crippen LogP contribution in [0.25, 0.3) is 0 Å². The summed E-state index contributed by atoms with van der Waals surface area (Å²) in [6.45, 7) is 7.38. The van der Waals surface area contributed by atoms with Crippen molar-refractivity contribution in [2.24, 2.45) is 5.73 Å². The molecule has 1 aliphatic heterocycles. The smallest absolute Gasteiger partial charge is 0.0730 e. The van der Waals surface area contributed by atoms with Crippen LogP contribution in [-0.2, 0) is 11.2 Å². The highest BCUT2D eigenvalue weighted by molar-refractivity contribution is 5.38. The molecule has 1 aromatic carbocycles. The molecule has 2 heteroatoms. The molecule has 0 saturated carbocycles. The molecule has 1 fully saturated rings. The van der Waals surface area contributed by atoms with Crippen LogP contribution < -0.4 is 5.73 Å². The molecule has 0 spiro atoms. The number of aryl methyl sites for hydroxylation is 3. The second kappa shape index (κ2) is 5.19. The molecule has 17 heavy (non-hydrogen) atoms. The fourth-order valence-electron chi connectivity index (χ4n) is 2.84. The maximum atomic E-state index is 6.26. The zero-order valence-corrected chi connectivity index (χ0v) is 11.1. The molecule has 0 aromatic heterocycles. The Hall–Kier alpha value is -0.860. The number of rotatable bonds is 3. The number of nitrogens with two attached hydrogens (primary N) is 1. The van der Waals surface area contributed by atoms with Gasteiger partial charge in [0, 0.05) is 12.6 Å². The minimum Gasteiger partial charge on any atom is -0.377 e. The zero-order chi connectivity index (χ0) is 12.4. The molecule has 2 unspecified atom stereocenters. The lowest BCUT2D eigenvalue weighted by molar-refractivity contribution is 0.0899. The quantitative estimate of drug-likeness (QED) is 0.871. The van der Waals surface area contributed by atoms with E-state index in [0.717, 1.165) is 25.9 Å². The van der Waals surface area contributed by atoms with Crippen molar-refractivity contribution >= 4 is 0 Å². The standard InChI is InChI=1S/C15H23NO/c1-10-7-11(2)13(12(3)8-10)9-14(16)15-5-4-6-17-15/h7-8,14-15H,4-6,9,16H2,1-3H3. The third-order valence-corrected chi connectivity index (χ3v) is 3.72. The predicted octanol–water partition coefficient (Wildman–Crippen LogP) is 2.66. The van der Waals surface area contributed by atoms with Gasteiger partial charge < -0.3 is 10.5 Å². The minimum atomic E-state index is 0.137. The molecule has 1 aromatic rings. The van der Waals surface area contributed by atoms with Gasteiger partial charge in [-0.15, -0.1) is 0 Å². The molecule has 0 bridgehead atoms. The van der Waals surface area contributed by atoms with Gasteiger partial charge in [0.25, 0.3) is 0 Å². The highest BCUT2D eigenvalue weighted by Gasteiger charge is 2.23. The average Bonchev–Trinajstić information content (AvgIpc) is 2.76. The van der Waals surface area contributed by atoms with Gasteiger partial charge in [0.05, 0.1) is 6.10 Å². The molecular weight excluding hydrogens is 210 g/mol. The van der Waals surface area contributed by atoms with Crippen LogP contribution in [0.5, 0.6) is 0 Å². The third-order valence-electron chi connectivity index (χ3n) is 3.72. The Morgan fingerprint density at radius 2 is 1.94 bits per heavy atom. The molecule has 2 rings (SSSR count). The fraction of sp³-hybridized carbons (Fsp3) is 0.600. The molecule has 94 valence electrons. The average molecular weight is 233 g/mol. The summed E-state index contributed by atoms with van der Waals surface area (Å²) < 4.78 is 5.67. The van der Waals surface area contributed by atoms with Gasteiger partial charge in [-0.2, -0.15) is 0 Å². The topological polar surface area (TPSA) is 35.2 Å². The second-order valence-electron chi connectivity index (χ2n) is 5.30. The van der Waals surface area contributed by atoms with Gasteiger partial charge in [-0.1, -0.05) is 17.7 Å². The molecule has 1 saturated heterocycles. The van der Waals surface area contributed by atoms with Crippen LogP contribution in [0.2, 0.25) is 0 Å². The van der Waals surface area contributed by atoms with E-state index in [-0.39, 0.29) is 12.1 Å². The van der Waals surface area contributed by atoms with Crippen molar-refractivity contribution in [3.05, 3.63) is 34.4 Å². The lowest BCUT2D eigenvalue weighted by Crippen LogP contribution is -2.36. The highest BCUT2D eigenvalue weighted by Crippen LogP contribution is 2.22.